The van der Waals surface area contributed by atoms with E-state index in [4.69, 9.17) is 9.26 Å². The third kappa shape index (κ3) is 4.56. The van der Waals surface area contributed by atoms with Gasteiger partial charge in [0.25, 0.3) is 5.91 Å². The summed E-state index contributed by atoms with van der Waals surface area (Å²) in [6.45, 7) is 3.52. The molecule has 158 valence electrons. The van der Waals surface area contributed by atoms with Crippen molar-refractivity contribution in [1.82, 2.24) is 30.3 Å². The fourth-order valence-corrected chi connectivity index (χ4v) is 3.80. The second-order valence-electron chi connectivity index (χ2n) is 6.49. The van der Waals surface area contributed by atoms with Crippen LogP contribution in [0.25, 0.3) is 5.69 Å². The minimum Gasteiger partial charge on any atom is -0.494 e. The molecule has 4 aromatic rings. The molecule has 2 aromatic carbocycles. The second-order valence-corrected chi connectivity index (χ2v) is 7.51. The van der Waals surface area contributed by atoms with Crippen LogP contribution in [0.1, 0.15) is 27.9 Å². The molecule has 0 aliphatic rings. The molecule has 0 saturated heterocycles. The lowest BCUT2D eigenvalue weighted by atomic mass is 10.2. The highest BCUT2D eigenvalue weighted by atomic mass is 32.2. The number of carbonyl (C=O) groups is 1. The van der Waals surface area contributed by atoms with Gasteiger partial charge >= 0.3 is 0 Å². The van der Waals surface area contributed by atoms with E-state index in [9.17, 15) is 4.79 Å². The molecule has 1 N–H and O–H groups in total. The van der Waals surface area contributed by atoms with Crippen LogP contribution in [-0.4, -0.2) is 43.4 Å². The van der Waals surface area contributed by atoms with Gasteiger partial charge in [-0.25, -0.2) is 0 Å². The van der Waals surface area contributed by atoms with Crippen molar-refractivity contribution in [2.45, 2.75) is 24.5 Å². The Hall–Kier alpha value is -3.73. The first-order valence-electron chi connectivity index (χ1n) is 9.31. The smallest absolute Gasteiger partial charge is 0.256 e. The van der Waals surface area contributed by atoms with Gasteiger partial charge in [0.1, 0.15) is 11.4 Å². The lowest BCUT2D eigenvalue weighted by Crippen LogP contribution is -2.13. The Morgan fingerprint density at radius 1 is 1.23 bits per heavy atom. The van der Waals surface area contributed by atoms with Crippen LogP contribution in [0.5, 0.6) is 5.75 Å². The Morgan fingerprint density at radius 2 is 2.06 bits per heavy atom. The van der Waals surface area contributed by atoms with Crippen molar-refractivity contribution in [3.05, 3.63) is 65.6 Å². The first kappa shape index (κ1) is 20.5. The van der Waals surface area contributed by atoms with Gasteiger partial charge in [0.15, 0.2) is 11.6 Å². The van der Waals surface area contributed by atoms with E-state index in [1.807, 2.05) is 18.2 Å². The number of aromatic nitrogens is 6. The summed E-state index contributed by atoms with van der Waals surface area (Å²) in [5, 5.41) is 18.4. The largest absolute Gasteiger partial charge is 0.494 e. The van der Waals surface area contributed by atoms with Crippen molar-refractivity contribution in [2.75, 3.05) is 12.4 Å². The average molecular weight is 437 g/mol. The maximum atomic E-state index is 13.0. The highest BCUT2D eigenvalue weighted by Crippen LogP contribution is 2.29. The molecule has 0 aliphatic carbocycles. The number of benzene rings is 2. The van der Waals surface area contributed by atoms with Crippen molar-refractivity contribution < 1.29 is 14.1 Å². The molecule has 31 heavy (non-hydrogen) atoms. The molecule has 1 amide bonds. The normalized spacial score (nSPS) is 10.8. The van der Waals surface area contributed by atoms with E-state index >= 15 is 0 Å². The van der Waals surface area contributed by atoms with Crippen LogP contribution in [0.15, 0.2) is 51.9 Å². The lowest BCUT2D eigenvalue weighted by Gasteiger charge is -2.13. The zero-order chi connectivity index (χ0) is 21.8. The summed E-state index contributed by atoms with van der Waals surface area (Å²) in [5.74, 6) is 2.52. The quantitative estimate of drug-likeness (QED) is 0.434. The number of carbonyl (C=O) groups excluding carboxylic acids is 1. The summed E-state index contributed by atoms with van der Waals surface area (Å²) >= 11 is 1.47. The Kier molecular flexibility index (Phi) is 5.94. The number of anilines is 1. The van der Waals surface area contributed by atoms with E-state index in [2.05, 4.69) is 31.0 Å². The Morgan fingerprint density at radius 3 is 2.77 bits per heavy atom. The Balaban J connectivity index is 1.55. The molecule has 2 aromatic heterocycles. The number of hydrogen-bond acceptors (Lipinski definition) is 9. The molecule has 0 radical (unpaired) electrons. The number of nitrogens with zero attached hydrogens (tertiary/aromatic N) is 6. The molecule has 10 nitrogen and oxygen atoms in total. The van der Waals surface area contributed by atoms with Gasteiger partial charge in [0, 0.05) is 17.5 Å². The topological polar surface area (TPSA) is 121 Å². The average Bonchev–Trinajstić information content (AvgIpc) is 3.40. The van der Waals surface area contributed by atoms with Crippen LogP contribution in [0.3, 0.4) is 0 Å². The maximum Gasteiger partial charge on any atom is 0.256 e. The van der Waals surface area contributed by atoms with E-state index < -0.39 is 0 Å². The van der Waals surface area contributed by atoms with E-state index in [1.54, 1.807) is 49.9 Å². The van der Waals surface area contributed by atoms with Crippen LogP contribution >= 0.6 is 11.8 Å². The third-order valence-corrected chi connectivity index (χ3v) is 5.42. The van der Waals surface area contributed by atoms with Gasteiger partial charge in [-0.2, -0.15) is 9.67 Å². The molecular formula is C20H19N7O3S. The minimum absolute atomic E-state index is 0.239. The predicted octanol–water partition coefficient (Wildman–Crippen LogP) is 3.22. The van der Waals surface area contributed by atoms with Gasteiger partial charge < -0.3 is 14.6 Å². The zero-order valence-corrected chi connectivity index (χ0v) is 17.9. The first-order chi connectivity index (χ1) is 15.0. The number of thioether (sulfide) groups is 1. The summed E-state index contributed by atoms with van der Waals surface area (Å²) in [6, 6.07) is 12.6. The monoisotopic (exact) mass is 437 g/mol. The summed E-state index contributed by atoms with van der Waals surface area (Å²) in [7, 11) is 1.56. The molecule has 4 rings (SSSR count). The number of rotatable bonds is 7. The standard InChI is InChI=1S/C20H19N7O3S/c1-12-23-25-26-27(12)16-10-14(8-9-17(16)29-3)22-20(28)15-6-4-5-7-18(15)31-11-19-21-13(2)30-24-19/h4-10H,11H2,1-3H3,(H,22,28). The van der Waals surface area contributed by atoms with Gasteiger partial charge in [0.05, 0.1) is 18.4 Å². The number of tetrazole rings is 1. The second kappa shape index (κ2) is 8.96. The molecule has 0 bridgehead atoms. The van der Waals surface area contributed by atoms with E-state index in [-0.39, 0.29) is 5.91 Å². The fraction of sp³-hybridized carbons (Fsp3) is 0.200. The fourth-order valence-electron chi connectivity index (χ4n) is 2.91. The molecule has 0 unspecified atom stereocenters. The van der Waals surface area contributed by atoms with Crippen LogP contribution < -0.4 is 10.1 Å². The number of hydrogen-bond donors (Lipinski definition) is 1. The van der Waals surface area contributed by atoms with Gasteiger partial charge in [0.2, 0.25) is 5.89 Å². The summed E-state index contributed by atoms with van der Waals surface area (Å²) in [4.78, 5) is 18.0. The SMILES string of the molecule is COc1ccc(NC(=O)c2ccccc2SCc2noc(C)n2)cc1-n1nnnc1C. The van der Waals surface area contributed by atoms with Crippen molar-refractivity contribution >= 4 is 23.4 Å². The molecule has 0 aliphatic heterocycles. The predicted molar refractivity (Wildman–Crippen MR) is 113 cm³/mol. The van der Waals surface area contributed by atoms with E-state index in [1.165, 1.54) is 11.8 Å². The van der Waals surface area contributed by atoms with Gasteiger partial charge in [-0.15, -0.1) is 16.9 Å². The van der Waals surface area contributed by atoms with Crippen molar-refractivity contribution in [1.29, 1.82) is 0 Å². The minimum atomic E-state index is -0.239. The van der Waals surface area contributed by atoms with Crippen molar-refractivity contribution in [2.24, 2.45) is 0 Å². The molecule has 11 heteroatoms. The Labute approximate surface area is 182 Å². The summed E-state index contributed by atoms with van der Waals surface area (Å²) in [5.41, 5.74) is 1.76. The molecule has 0 spiro atoms. The number of methoxy groups -OCH3 is 1. The lowest BCUT2D eigenvalue weighted by molar-refractivity contribution is 0.102. The van der Waals surface area contributed by atoms with Gasteiger partial charge in [-0.1, -0.05) is 17.3 Å². The van der Waals surface area contributed by atoms with E-state index in [0.29, 0.717) is 46.0 Å². The van der Waals surface area contributed by atoms with Crippen LogP contribution in [0, 0.1) is 13.8 Å². The molecule has 2 heterocycles. The van der Waals surface area contributed by atoms with E-state index in [0.717, 1.165) is 4.90 Å². The summed E-state index contributed by atoms with van der Waals surface area (Å²) in [6.07, 6.45) is 0. The number of amides is 1. The number of aryl methyl sites for hydroxylation is 2. The molecule has 0 saturated carbocycles. The highest BCUT2D eigenvalue weighted by Gasteiger charge is 2.16. The first-order valence-corrected chi connectivity index (χ1v) is 10.3. The molecule has 0 atom stereocenters. The van der Waals surface area contributed by atoms with Crippen LogP contribution in [-0.2, 0) is 5.75 Å². The summed E-state index contributed by atoms with van der Waals surface area (Å²) < 4.78 is 12.0. The number of ether oxygens (including phenoxy) is 1. The third-order valence-electron chi connectivity index (χ3n) is 4.35. The van der Waals surface area contributed by atoms with Crippen LogP contribution in [0.4, 0.5) is 5.69 Å². The zero-order valence-electron chi connectivity index (χ0n) is 17.1. The van der Waals surface area contributed by atoms with Crippen LogP contribution in [0.2, 0.25) is 0 Å². The highest BCUT2D eigenvalue weighted by molar-refractivity contribution is 7.98. The van der Waals surface area contributed by atoms with Crippen molar-refractivity contribution in [3.63, 3.8) is 0 Å². The molecular weight excluding hydrogens is 418 g/mol. The number of nitrogens with one attached hydrogen (secondary N) is 1. The van der Waals surface area contributed by atoms with Gasteiger partial charge in [-0.3, -0.25) is 4.79 Å². The van der Waals surface area contributed by atoms with Crippen molar-refractivity contribution in [3.8, 4) is 11.4 Å². The Bertz CT molecular complexity index is 1220. The van der Waals surface area contributed by atoms with Gasteiger partial charge in [-0.05, 0) is 47.7 Å². The molecule has 0 fully saturated rings. The maximum absolute atomic E-state index is 13.0.